The van der Waals surface area contributed by atoms with Crippen LogP contribution >= 0.6 is 0 Å². The first-order valence-corrected chi connectivity index (χ1v) is 4.60. The summed E-state index contributed by atoms with van der Waals surface area (Å²) in [5.74, 6) is -2.77. The molecule has 0 amide bonds. The number of allylic oxidation sites excluding steroid dienone is 1. The molecule has 1 saturated heterocycles. The molecular formula is C9H13F2N3. The minimum atomic E-state index is -2.77. The zero-order valence-electron chi connectivity index (χ0n) is 7.76. The molecule has 1 fully saturated rings. The predicted molar refractivity (Wildman–Crippen MR) is 49.2 cm³/mol. The van der Waals surface area contributed by atoms with Crippen molar-refractivity contribution in [3.63, 3.8) is 0 Å². The van der Waals surface area contributed by atoms with Crippen molar-refractivity contribution in [1.29, 1.82) is 0 Å². The van der Waals surface area contributed by atoms with Gasteiger partial charge in [0.25, 0.3) is 5.92 Å². The SMILES string of the molecule is C=CC1=C2N(CCCC2(F)F)NC1N. The van der Waals surface area contributed by atoms with Crippen LogP contribution in [0.15, 0.2) is 23.9 Å². The smallest absolute Gasteiger partial charge is 0.289 e. The van der Waals surface area contributed by atoms with Crippen molar-refractivity contribution >= 4 is 0 Å². The molecule has 0 aliphatic carbocycles. The highest BCUT2D eigenvalue weighted by Crippen LogP contribution is 2.40. The molecule has 78 valence electrons. The molecule has 2 rings (SSSR count). The van der Waals surface area contributed by atoms with Gasteiger partial charge in [-0.25, -0.2) is 5.43 Å². The molecule has 0 aromatic carbocycles. The Hall–Kier alpha value is -0.940. The van der Waals surface area contributed by atoms with Crippen molar-refractivity contribution < 1.29 is 8.78 Å². The van der Waals surface area contributed by atoms with Gasteiger partial charge in [-0.3, -0.25) is 0 Å². The maximum atomic E-state index is 13.5. The quantitative estimate of drug-likeness (QED) is 0.664. The van der Waals surface area contributed by atoms with Gasteiger partial charge in [0.2, 0.25) is 0 Å². The summed E-state index contributed by atoms with van der Waals surface area (Å²) >= 11 is 0. The molecular weight excluding hydrogens is 188 g/mol. The van der Waals surface area contributed by atoms with E-state index in [4.69, 9.17) is 5.73 Å². The minimum Gasteiger partial charge on any atom is -0.311 e. The number of hydrogen-bond donors (Lipinski definition) is 2. The standard InChI is InChI=1S/C9H13F2N3/c1-2-6-7-9(10,11)4-3-5-14(7)13-8(6)12/h2,8,13H,1,3-5,12H2. The molecule has 3 N–H and O–H groups in total. The molecule has 1 unspecified atom stereocenters. The van der Waals surface area contributed by atoms with E-state index in [1.54, 1.807) is 0 Å². The van der Waals surface area contributed by atoms with Crippen LogP contribution in [0.5, 0.6) is 0 Å². The Balaban J connectivity index is 2.44. The van der Waals surface area contributed by atoms with E-state index >= 15 is 0 Å². The molecule has 0 aromatic heterocycles. The normalized spacial score (nSPS) is 30.5. The molecule has 14 heavy (non-hydrogen) atoms. The first-order chi connectivity index (χ1) is 6.56. The number of halogens is 2. The summed E-state index contributed by atoms with van der Waals surface area (Å²) in [6, 6.07) is 0. The Morgan fingerprint density at radius 1 is 1.64 bits per heavy atom. The topological polar surface area (TPSA) is 41.3 Å². The summed E-state index contributed by atoms with van der Waals surface area (Å²) in [5.41, 5.74) is 8.87. The van der Waals surface area contributed by atoms with Gasteiger partial charge in [-0.1, -0.05) is 12.7 Å². The molecule has 0 spiro atoms. The van der Waals surface area contributed by atoms with Crippen molar-refractivity contribution in [3.8, 4) is 0 Å². The minimum absolute atomic E-state index is 0.00579. The lowest BCUT2D eigenvalue weighted by Gasteiger charge is -2.33. The summed E-state index contributed by atoms with van der Waals surface area (Å²) in [6.45, 7) is 4.09. The maximum absolute atomic E-state index is 13.5. The fraction of sp³-hybridized carbons (Fsp3) is 0.556. The van der Waals surface area contributed by atoms with Crippen LogP contribution in [0, 0.1) is 0 Å². The third-order valence-electron chi connectivity index (χ3n) is 2.61. The Labute approximate surface area is 81.2 Å². The highest BCUT2D eigenvalue weighted by molar-refractivity contribution is 5.36. The predicted octanol–water partition coefficient (Wildman–Crippen LogP) is 0.961. The van der Waals surface area contributed by atoms with E-state index in [2.05, 4.69) is 12.0 Å². The Bertz CT molecular complexity index is 298. The van der Waals surface area contributed by atoms with Gasteiger partial charge in [0.15, 0.2) is 0 Å². The van der Waals surface area contributed by atoms with Crippen molar-refractivity contribution in [1.82, 2.24) is 10.4 Å². The van der Waals surface area contributed by atoms with Crippen molar-refractivity contribution in [2.24, 2.45) is 5.73 Å². The van der Waals surface area contributed by atoms with Crippen LogP contribution in [0.3, 0.4) is 0 Å². The number of nitrogens with two attached hydrogens (primary N) is 1. The van der Waals surface area contributed by atoms with Crippen LogP contribution in [0.25, 0.3) is 0 Å². The van der Waals surface area contributed by atoms with Crippen LogP contribution < -0.4 is 11.2 Å². The van der Waals surface area contributed by atoms with Crippen LogP contribution in [-0.4, -0.2) is 23.6 Å². The van der Waals surface area contributed by atoms with E-state index in [0.29, 0.717) is 18.5 Å². The number of nitrogens with one attached hydrogen (secondary N) is 1. The van der Waals surface area contributed by atoms with Gasteiger partial charge in [0, 0.05) is 18.5 Å². The van der Waals surface area contributed by atoms with Crippen molar-refractivity contribution in [2.75, 3.05) is 6.54 Å². The fourth-order valence-electron chi connectivity index (χ4n) is 1.99. The lowest BCUT2D eigenvalue weighted by Crippen LogP contribution is -2.47. The molecule has 0 radical (unpaired) electrons. The number of hydrazine groups is 1. The van der Waals surface area contributed by atoms with E-state index in [0.717, 1.165) is 0 Å². The number of piperidine rings is 1. The second-order valence-electron chi connectivity index (χ2n) is 3.57. The van der Waals surface area contributed by atoms with E-state index in [-0.39, 0.29) is 12.1 Å². The molecule has 5 heteroatoms. The second kappa shape index (κ2) is 3.03. The number of nitrogens with zero attached hydrogens (tertiary/aromatic N) is 1. The highest BCUT2D eigenvalue weighted by Gasteiger charge is 2.46. The molecule has 0 saturated carbocycles. The summed E-state index contributed by atoms with van der Waals surface area (Å²) in [6.07, 6.45) is 1.23. The monoisotopic (exact) mass is 201 g/mol. The molecule has 2 aliphatic heterocycles. The number of rotatable bonds is 1. The van der Waals surface area contributed by atoms with Gasteiger partial charge in [-0.15, -0.1) is 0 Å². The summed E-state index contributed by atoms with van der Waals surface area (Å²) in [4.78, 5) is 0. The zero-order chi connectivity index (χ0) is 10.3. The summed E-state index contributed by atoms with van der Waals surface area (Å²) < 4.78 is 27.1. The molecule has 0 bridgehead atoms. The lowest BCUT2D eigenvalue weighted by atomic mass is 10.0. The number of alkyl halides is 2. The van der Waals surface area contributed by atoms with Crippen molar-refractivity contribution in [2.45, 2.75) is 24.9 Å². The van der Waals surface area contributed by atoms with Gasteiger partial charge < -0.3 is 10.7 Å². The second-order valence-corrected chi connectivity index (χ2v) is 3.57. The number of hydrogen-bond acceptors (Lipinski definition) is 3. The van der Waals surface area contributed by atoms with Crippen LogP contribution in [-0.2, 0) is 0 Å². The summed E-state index contributed by atoms with van der Waals surface area (Å²) in [7, 11) is 0. The van der Waals surface area contributed by atoms with Crippen LogP contribution in [0.1, 0.15) is 12.8 Å². The van der Waals surface area contributed by atoms with E-state index in [1.807, 2.05) is 0 Å². The van der Waals surface area contributed by atoms with Gasteiger partial charge in [0.05, 0.1) is 0 Å². The zero-order valence-corrected chi connectivity index (χ0v) is 7.76. The van der Waals surface area contributed by atoms with E-state index in [9.17, 15) is 8.78 Å². The van der Waals surface area contributed by atoms with Gasteiger partial charge in [-0.05, 0) is 6.42 Å². The Morgan fingerprint density at radius 2 is 2.36 bits per heavy atom. The van der Waals surface area contributed by atoms with Crippen molar-refractivity contribution in [3.05, 3.63) is 23.9 Å². The molecule has 2 heterocycles. The third-order valence-corrected chi connectivity index (χ3v) is 2.61. The van der Waals surface area contributed by atoms with Gasteiger partial charge >= 0.3 is 0 Å². The lowest BCUT2D eigenvalue weighted by molar-refractivity contribution is -0.0271. The maximum Gasteiger partial charge on any atom is 0.289 e. The average molecular weight is 201 g/mol. The van der Waals surface area contributed by atoms with Crippen LogP contribution in [0.4, 0.5) is 8.78 Å². The van der Waals surface area contributed by atoms with Gasteiger partial charge in [0.1, 0.15) is 11.9 Å². The largest absolute Gasteiger partial charge is 0.311 e. The highest BCUT2D eigenvalue weighted by atomic mass is 19.3. The molecule has 3 nitrogen and oxygen atoms in total. The third kappa shape index (κ3) is 1.24. The van der Waals surface area contributed by atoms with E-state index in [1.165, 1.54) is 11.1 Å². The Morgan fingerprint density at radius 3 is 3.00 bits per heavy atom. The fourth-order valence-corrected chi connectivity index (χ4v) is 1.99. The van der Waals surface area contributed by atoms with Gasteiger partial charge in [-0.2, -0.15) is 8.78 Å². The van der Waals surface area contributed by atoms with E-state index < -0.39 is 12.1 Å². The Kier molecular flexibility index (Phi) is 2.08. The number of fused-ring (bicyclic) bond motifs is 1. The molecule has 0 aromatic rings. The first-order valence-electron chi connectivity index (χ1n) is 4.60. The summed E-state index contributed by atoms with van der Waals surface area (Å²) in [5, 5.41) is 1.45. The molecule has 1 atom stereocenters. The molecule has 2 aliphatic rings. The first kappa shape index (κ1) is 9.61. The van der Waals surface area contributed by atoms with Crippen LogP contribution in [0.2, 0.25) is 0 Å². The average Bonchev–Trinajstić information content (AvgIpc) is 2.41.